The van der Waals surface area contributed by atoms with Crippen LogP contribution >= 0.6 is 0 Å². The minimum Gasteiger partial charge on any atom is -0.335 e. The maximum absolute atomic E-state index is 12.8. The molecule has 2 atom stereocenters. The van der Waals surface area contributed by atoms with Crippen molar-refractivity contribution in [1.29, 1.82) is 0 Å². The van der Waals surface area contributed by atoms with E-state index >= 15 is 0 Å². The van der Waals surface area contributed by atoms with Gasteiger partial charge in [-0.25, -0.2) is 0 Å². The van der Waals surface area contributed by atoms with Crippen molar-refractivity contribution in [2.75, 3.05) is 6.54 Å². The van der Waals surface area contributed by atoms with Crippen molar-refractivity contribution in [3.05, 3.63) is 30.0 Å². The summed E-state index contributed by atoms with van der Waals surface area (Å²) in [6, 6.07) is 6.31. The van der Waals surface area contributed by atoms with Crippen molar-refractivity contribution in [2.45, 2.75) is 38.1 Å². The van der Waals surface area contributed by atoms with E-state index < -0.39 is 0 Å². The van der Waals surface area contributed by atoms with E-state index in [1.54, 1.807) is 6.20 Å². The Morgan fingerprint density at radius 1 is 1.25 bits per heavy atom. The first-order valence-corrected chi connectivity index (χ1v) is 7.57. The lowest BCUT2D eigenvalue weighted by Crippen LogP contribution is -2.39. The minimum absolute atomic E-state index is 0.191. The summed E-state index contributed by atoms with van der Waals surface area (Å²) >= 11 is 0. The van der Waals surface area contributed by atoms with Crippen LogP contribution in [0.25, 0.3) is 10.9 Å². The Labute approximate surface area is 118 Å². The van der Waals surface area contributed by atoms with E-state index in [-0.39, 0.29) is 5.91 Å². The second kappa shape index (κ2) is 4.62. The van der Waals surface area contributed by atoms with Gasteiger partial charge < -0.3 is 4.90 Å². The molecule has 1 N–H and O–H groups in total. The van der Waals surface area contributed by atoms with Crippen molar-refractivity contribution in [1.82, 2.24) is 15.1 Å². The Balaban J connectivity index is 1.62. The Kier molecular flexibility index (Phi) is 2.76. The molecule has 0 bridgehead atoms. The molecule has 2 unspecified atom stereocenters. The molecule has 20 heavy (non-hydrogen) atoms. The van der Waals surface area contributed by atoms with Crippen LogP contribution in [0.15, 0.2) is 24.4 Å². The lowest BCUT2D eigenvalue weighted by atomic mass is 9.85. The van der Waals surface area contributed by atoms with Gasteiger partial charge >= 0.3 is 0 Å². The van der Waals surface area contributed by atoms with E-state index in [0.29, 0.717) is 6.04 Å². The van der Waals surface area contributed by atoms with Crippen LogP contribution in [-0.4, -0.2) is 33.6 Å². The Bertz CT molecular complexity index is 648. The summed E-state index contributed by atoms with van der Waals surface area (Å²) in [5, 5.41) is 8.01. The van der Waals surface area contributed by atoms with E-state index in [9.17, 15) is 4.79 Å². The fourth-order valence-electron chi connectivity index (χ4n) is 3.89. The number of carbonyl (C=O) groups excluding carboxylic acids is 1. The first kappa shape index (κ1) is 11.9. The minimum atomic E-state index is 0.191. The fraction of sp³-hybridized carbons (Fsp3) is 0.500. The summed E-state index contributed by atoms with van der Waals surface area (Å²) in [6.07, 6.45) is 8.06. The van der Waals surface area contributed by atoms with Crippen molar-refractivity contribution < 1.29 is 4.79 Å². The second-order valence-corrected chi connectivity index (χ2v) is 6.07. The van der Waals surface area contributed by atoms with Gasteiger partial charge in [-0.15, -0.1) is 0 Å². The topological polar surface area (TPSA) is 49.0 Å². The van der Waals surface area contributed by atoms with Crippen LogP contribution in [0.3, 0.4) is 0 Å². The highest BCUT2D eigenvalue weighted by Crippen LogP contribution is 2.36. The zero-order valence-electron chi connectivity index (χ0n) is 11.5. The SMILES string of the molecule is O=C(c1ccc2cn[nH]c2c1)N1CCC2CCCCC21. The van der Waals surface area contributed by atoms with Crippen LogP contribution in [0.5, 0.6) is 0 Å². The molecule has 2 aliphatic rings. The van der Waals surface area contributed by atoms with E-state index in [1.165, 1.54) is 32.1 Å². The number of fused-ring (bicyclic) bond motifs is 2. The van der Waals surface area contributed by atoms with Crippen LogP contribution in [0.2, 0.25) is 0 Å². The molecule has 4 heteroatoms. The fourth-order valence-corrected chi connectivity index (χ4v) is 3.89. The average molecular weight is 269 g/mol. The zero-order valence-corrected chi connectivity index (χ0v) is 11.5. The molecule has 1 aliphatic heterocycles. The van der Waals surface area contributed by atoms with Gasteiger partial charge in [0.25, 0.3) is 5.91 Å². The quantitative estimate of drug-likeness (QED) is 0.865. The molecular weight excluding hydrogens is 250 g/mol. The predicted octanol–water partition coefficient (Wildman–Crippen LogP) is 2.97. The highest BCUT2D eigenvalue weighted by Gasteiger charge is 2.38. The Morgan fingerprint density at radius 2 is 2.15 bits per heavy atom. The molecule has 1 saturated heterocycles. The van der Waals surface area contributed by atoms with E-state index in [0.717, 1.165) is 28.9 Å². The normalized spacial score (nSPS) is 25.9. The van der Waals surface area contributed by atoms with Crippen LogP contribution in [0.1, 0.15) is 42.5 Å². The van der Waals surface area contributed by atoms with E-state index in [1.807, 2.05) is 18.2 Å². The summed E-state index contributed by atoms with van der Waals surface area (Å²) < 4.78 is 0. The van der Waals surface area contributed by atoms with Gasteiger partial charge in [0.05, 0.1) is 11.7 Å². The third-order valence-corrected chi connectivity index (χ3v) is 4.96. The van der Waals surface area contributed by atoms with Crippen LogP contribution in [-0.2, 0) is 0 Å². The van der Waals surface area contributed by atoms with Gasteiger partial charge in [-0.1, -0.05) is 18.9 Å². The Hall–Kier alpha value is -1.84. The maximum Gasteiger partial charge on any atom is 0.254 e. The number of hydrogen-bond acceptors (Lipinski definition) is 2. The zero-order chi connectivity index (χ0) is 13.5. The molecule has 4 rings (SSSR count). The number of nitrogens with one attached hydrogen (secondary N) is 1. The summed E-state index contributed by atoms with van der Waals surface area (Å²) in [5.41, 5.74) is 1.73. The molecular formula is C16H19N3O. The van der Waals surface area contributed by atoms with E-state index in [2.05, 4.69) is 15.1 Å². The van der Waals surface area contributed by atoms with Gasteiger partial charge in [-0.3, -0.25) is 9.89 Å². The molecule has 1 amide bonds. The van der Waals surface area contributed by atoms with Crippen LogP contribution in [0, 0.1) is 5.92 Å². The molecule has 4 nitrogen and oxygen atoms in total. The van der Waals surface area contributed by atoms with Crippen LogP contribution < -0.4 is 0 Å². The molecule has 0 spiro atoms. The summed E-state index contributed by atoms with van der Waals surface area (Å²) in [4.78, 5) is 14.9. The van der Waals surface area contributed by atoms with Crippen molar-refractivity contribution in [3.63, 3.8) is 0 Å². The van der Waals surface area contributed by atoms with Gasteiger partial charge in [-0.2, -0.15) is 5.10 Å². The number of H-pyrrole nitrogens is 1. The van der Waals surface area contributed by atoms with Crippen molar-refractivity contribution in [2.24, 2.45) is 5.92 Å². The Morgan fingerprint density at radius 3 is 3.10 bits per heavy atom. The number of nitrogens with zero attached hydrogens (tertiary/aromatic N) is 2. The number of likely N-dealkylation sites (tertiary alicyclic amines) is 1. The lowest BCUT2D eigenvalue weighted by molar-refractivity contribution is 0.0690. The summed E-state index contributed by atoms with van der Waals surface area (Å²) in [5.74, 6) is 0.930. The van der Waals surface area contributed by atoms with Crippen molar-refractivity contribution >= 4 is 16.8 Å². The second-order valence-electron chi connectivity index (χ2n) is 6.07. The average Bonchev–Trinajstić information content (AvgIpc) is 3.12. The number of benzene rings is 1. The smallest absolute Gasteiger partial charge is 0.254 e. The maximum atomic E-state index is 12.8. The first-order valence-electron chi connectivity index (χ1n) is 7.57. The standard InChI is InChI=1S/C16H19N3O/c20-16(12-5-6-13-10-17-18-14(13)9-12)19-8-7-11-3-1-2-4-15(11)19/h5-6,9-11,15H,1-4,7-8H2,(H,17,18). The third-order valence-electron chi connectivity index (χ3n) is 4.96. The number of aromatic nitrogens is 2. The van der Waals surface area contributed by atoms with Gasteiger partial charge in [0, 0.05) is 23.5 Å². The lowest BCUT2D eigenvalue weighted by Gasteiger charge is -2.31. The molecule has 1 aromatic heterocycles. The largest absolute Gasteiger partial charge is 0.335 e. The monoisotopic (exact) mass is 269 g/mol. The number of amides is 1. The van der Waals surface area contributed by atoms with Gasteiger partial charge in [0.1, 0.15) is 0 Å². The summed E-state index contributed by atoms with van der Waals surface area (Å²) in [7, 11) is 0. The highest BCUT2D eigenvalue weighted by atomic mass is 16.2. The molecule has 0 radical (unpaired) electrons. The van der Waals surface area contributed by atoms with Crippen LogP contribution in [0.4, 0.5) is 0 Å². The molecule has 104 valence electrons. The highest BCUT2D eigenvalue weighted by molar-refractivity contribution is 5.98. The molecule has 1 aromatic carbocycles. The number of aromatic amines is 1. The molecule has 2 fully saturated rings. The third kappa shape index (κ3) is 1.82. The number of carbonyl (C=O) groups is 1. The molecule has 1 aliphatic carbocycles. The molecule has 2 heterocycles. The van der Waals surface area contributed by atoms with Crippen molar-refractivity contribution in [3.8, 4) is 0 Å². The summed E-state index contributed by atoms with van der Waals surface area (Å²) in [6.45, 7) is 0.926. The van der Waals surface area contributed by atoms with Gasteiger partial charge in [0.2, 0.25) is 0 Å². The van der Waals surface area contributed by atoms with Gasteiger partial charge in [0.15, 0.2) is 0 Å². The molecule has 1 saturated carbocycles. The predicted molar refractivity (Wildman–Crippen MR) is 77.5 cm³/mol. The van der Waals surface area contributed by atoms with Gasteiger partial charge in [-0.05, 0) is 37.3 Å². The number of rotatable bonds is 1. The number of hydrogen-bond donors (Lipinski definition) is 1. The van der Waals surface area contributed by atoms with E-state index in [4.69, 9.17) is 0 Å². The first-order chi connectivity index (χ1) is 9.83. The molecule has 2 aromatic rings.